The van der Waals surface area contributed by atoms with Crippen molar-refractivity contribution in [2.75, 3.05) is 11.9 Å². The van der Waals surface area contributed by atoms with Crippen LogP contribution in [0.5, 0.6) is 0 Å². The molecule has 8 heteroatoms. The Kier molecular flexibility index (Phi) is 7.55. The molecule has 0 atom stereocenters. The fourth-order valence-corrected chi connectivity index (χ4v) is 5.38. The van der Waals surface area contributed by atoms with Gasteiger partial charge in [0.15, 0.2) is 0 Å². The average Bonchev–Trinajstić information content (AvgIpc) is 3.36. The first-order valence-corrected chi connectivity index (χ1v) is 12.6. The van der Waals surface area contributed by atoms with E-state index >= 15 is 0 Å². The lowest BCUT2D eigenvalue weighted by Crippen LogP contribution is -2.19. The minimum Gasteiger partial charge on any atom is -0.462 e. The van der Waals surface area contributed by atoms with Crippen molar-refractivity contribution >= 4 is 45.1 Å². The van der Waals surface area contributed by atoms with Gasteiger partial charge in [0.2, 0.25) is 0 Å². The number of nitrogens with one attached hydrogen (secondary N) is 1. The van der Waals surface area contributed by atoms with Crippen molar-refractivity contribution < 1.29 is 23.9 Å². The predicted molar refractivity (Wildman–Crippen MR) is 141 cm³/mol. The van der Waals surface area contributed by atoms with Gasteiger partial charge in [-0.05, 0) is 50.5 Å². The summed E-state index contributed by atoms with van der Waals surface area (Å²) < 4.78 is 12.7. The molecule has 4 aromatic rings. The highest BCUT2D eigenvalue weighted by atomic mass is 32.1. The van der Waals surface area contributed by atoms with Gasteiger partial charge in [-0.2, -0.15) is 0 Å². The standard InChI is InChI=1S/C28H28N2O5S/c1-5-30-21-15-11-10-14-20(21)17(3)23(30)25(31)29-26-22(27(32)34-6-2)18(4)24(36-26)28(33)35-16-19-12-8-7-9-13-19/h7-15H,5-6,16H2,1-4H3,(H,29,31). The van der Waals surface area contributed by atoms with E-state index in [0.29, 0.717) is 17.8 Å². The van der Waals surface area contributed by atoms with E-state index in [1.54, 1.807) is 13.8 Å². The third kappa shape index (κ3) is 4.77. The van der Waals surface area contributed by atoms with Crippen molar-refractivity contribution in [3.05, 3.63) is 87.4 Å². The van der Waals surface area contributed by atoms with Gasteiger partial charge in [0.05, 0.1) is 12.2 Å². The number of amides is 1. The Balaban J connectivity index is 1.68. The van der Waals surface area contributed by atoms with Crippen molar-refractivity contribution in [1.29, 1.82) is 0 Å². The average molecular weight is 505 g/mol. The van der Waals surface area contributed by atoms with Crippen molar-refractivity contribution in [2.45, 2.75) is 40.8 Å². The molecular weight excluding hydrogens is 476 g/mol. The highest BCUT2D eigenvalue weighted by Gasteiger charge is 2.29. The van der Waals surface area contributed by atoms with Crippen molar-refractivity contribution in [3.63, 3.8) is 0 Å². The maximum atomic E-state index is 13.5. The highest BCUT2D eigenvalue weighted by molar-refractivity contribution is 7.18. The Morgan fingerprint density at radius 1 is 0.889 bits per heavy atom. The number of carbonyl (C=O) groups is 3. The molecule has 36 heavy (non-hydrogen) atoms. The lowest BCUT2D eigenvalue weighted by Gasteiger charge is -2.10. The minimum absolute atomic E-state index is 0.100. The first-order valence-electron chi connectivity index (χ1n) is 11.8. The molecule has 0 aliphatic heterocycles. The molecule has 0 unspecified atom stereocenters. The monoisotopic (exact) mass is 504 g/mol. The molecule has 186 valence electrons. The number of ether oxygens (including phenoxy) is 2. The van der Waals surface area contributed by atoms with E-state index < -0.39 is 11.9 Å². The fraction of sp³-hybridized carbons (Fsp3) is 0.250. The van der Waals surface area contributed by atoms with Crippen LogP contribution in [-0.2, 0) is 22.6 Å². The van der Waals surface area contributed by atoms with Crippen LogP contribution in [0.2, 0.25) is 0 Å². The number of aromatic nitrogens is 1. The topological polar surface area (TPSA) is 86.6 Å². The third-order valence-corrected chi connectivity index (χ3v) is 7.19. The Bertz CT molecular complexity index is 1440. The van der Waals surface area contributed by atoms with E-state index in [1.165, 1.54) is 0 Å². The van der Waals surface area contributed by atoms with Crippen LogP contribution in [-0.4, -0.2) is 29.0 Å². The Morgan fingerprint density at radius 3 is 2.28 bits per heavy atom. The molecule has 2 aromatic heterocycles. The number of esters is 2. The van der Waals surface area contributed by atoms with Crippen LogP contribution in [0.1, 0.15) is 61.1 Å². The molecule has 0 aliphatic rings. The van der Waals surface area contributed by atoms with E-state index in [1.807, 2.05) is 73.0 Å². The first kappa shape index (κ1) is 25.2. The number of benzene rings is 2. The smallest absolute Gasteiger partial charge is 0.349 e. The molecule has 2 aromatic carbocycles. The van der Waals surface area contributed by atoms with Crippen molar-refractivity contribution in [2.24, 2.45) is 0 Å². The predicted octanol–water partition coefficient (Wildman–Crippen LogP) is 6.13. The zero-order chi connectivity index (χ0) is 25.8. The molecule has 0 fully saturated rings. The number of hydrogen-bond donors (Lipinski definition) is 1. The van der Waals surface area contributed by atoms with Gasteiger partial charge in [0, 0.05) is 17.4 Å². The summed E-state index contributed by atoms with van der Waals surface area (Å²) in [6.07, 6.45) is 0. The maximum Gasteiger partial charge on any atom is 0.349 e. The summed E-state index contributed by atoms with van der Waals surface area (Å²) in [6, 6.07) is 17.2. The Morgan fingerprint density at radius 2 is 1.58 bits per heavy atom. The highest BCUT2D eigenvalue weighted by Crippen LogP contribution is 2.35. The largest absolute Gasteiger partial charge is 0.462 e. The molecule has 0 saturated carbocycles. The van der Waals surface area contributed by atoms with Gasteiger partial charge >= 0.3 is 11.9 Å². The van der Waals surface area contributed by atoms with Gasteiger partial charge in [-0.3, -0.25) is 4.79 Å². The van der Waals surface area contributed by atoms with Crippen molar-refractivity contribution in [1.82, 2.24) is 4.57 Å². The van der Waals surface area contributed by atoms with Crippen LogP contribution >= 0.6 is 11.3 Å². The molecule has 4 rings (SSSR count). The van der Waals surface area contributed by atoms with Gasteiger partial charge in [0.25, 0.3) is 5.91 Å². The normalized spacial score (nSPS) is 10.9. The fourth-order valence-electron chi connectivity index (χ4n) is 4.29. The molecule has 0 radical (unpaired) electrons. The molecular formula is C28H28N2O5S. The molecule has 0 bridgehead atoms. The molecule has 7 nitrogen and oxygen atoms in total. The van der Waals surface area contributed by atoms with Crippen LogP contribution in [0.15, 0.2) is 54.6 Å². The summed E-state index contributed by atoms with van der Waals surface area (Å²) in [5.41, 5.74) is 3.74. The number of para-hydroxylation sites is 1. The first-order chi connectivity index (χ1) is 17.4. The zero-order valence-electron chi connectivity index (χ0n) is 20.7. The van der Waals surface area contributed by atoms with Crippen LogP contribution in [0.4, 0.5) is 5.00 Å². The summed E-state index contributed by atoms with van der Waals surface area (Å²) >= 11 is 1.02. The van der Waals surface area contributed by atoms with Crippen LogP contribution in [0, 0.1) is 13.8 Å². The number of nitrogens with zero attached hydrogens (tertiary/aromatic N) is 1. The molecule has 0 aliphatic carbocycles. The maximum absolute atomic E-state index is 13.5. The lowest BCUT2D eigenvalue weighted by atomic mass is 10.1. The summed E-state index contributed by atoms with van der Waals surface area (Å²) in [5.74, 6) is -1.52. The summed E-state index contributed by atoms with van der Waals surface area (Å²) in [7, 11) is 0. The van der Waals surface area contributed by atoms with Gasteiger partial charge < -0.3 is 19.4 Å². The van der Waals surface area contributed by atoms with Crippen LogP contribution in [0.25, 0.3) is 10.9 Å². The number of thiophene rings is 1. The van der Waals surface area contributed by atoms with Crippen molar-refractivity contribution in [3.8, 4) is 0 Å². The van der Waals surface area contributed by atoms with Gasteiger partial charge in [-0.1, -0.05) is 48.5 Å². The molecule has 1 amide bonds. The number of aryl methyl sites for hydroxylation is 2. The van der Waals surface area contributed by atoms with E-state index in [0.717, 1.165) is 33.4 Å². The molecule has 0 saturated heterocycles. The Labute approximate surface area is 213 Å². The number of anilines is 1. The second kappa shape index (κ2) is 10.8. The quantitative estimate of drug-likeness (QED) is 0.292. The number of rotatable bonds is 8. The summed E-state index contributed by atoms with van der Waals surface area (Å²) in [6.45, 7) is 8.11. The second-order valence-electron chi connectivity index (χ2n) is 8.23. The summed E-state index contributed by atoms with van der Waals surface area (Å²) in [4.78, 5) is 39.5. The van der Waals surface area contributed by atoms with E-state index in [9.17, 15) is 14.4 Å². The Hall–Kier alpha value is -3.91. The third-order valence-electron chi connectivity index (χ3n) is 6.01. The number of hydrogen-bond acceptors (Lipinski definition) is 6. The van der Waals surface area contributed by atoms with Crippen LogP contribution in [0.3, 0.4) is 0 Å². The zero-order valence-corrected chi connectivity index (χ0v) is 21.5. The summed E-state index contributed by atoms with van der Waals surface area (Å²) in [5, 5.41) is 4.13. The van der Waals surface area contributed by atoms with Crippen LogP contribution < -0.4 is 5.32 Å². The van der Waals surface area contributed by atoms with Gasteiger partial charge in [-0.15, -0.1) is 11.3 Å². The second-order valence-corrected chi connectivity index (χ2v) is 9.25. The SMILES string of the molecule is CCOC(=O)c1c(NC(=O)c2c(C)c3ccccc3n2CC)sc(C(=O)OCc2ccccc2)c1C. The molecule has 1 N–H and O–H groups in total. The molecule has 0 spiro atoms. The van der Waals surface area contributed by atoms with E-state index in [4.69, 9.17) is 9.47 Å². The van der Waals surface area contributed by atoms with Gasteiger partial charge in [-0.25, -0.2) is 9.59 Å². The number of fused-ring (bicyclic) bond motifs is 1. The van der Waals surface area contributed by atoms with E-state index in [-0.39, 0.29) is 34.6 Å². The van der Waals surface area contributed by atoms with E-state index in [2.05, 4.69) is 5.32 Å². The molecule has 2 heterocycles. The number of carbonyl (C=O) groups excluding carboxylic acids is 3. The minimum atomic E-state index is -0.601. The van der Waals surface area contributed by atoms with Gasteiger partial charge in [0.1, 0.15) is 22.2 Å². The lowest BCUT2D eigenvalue weighted by molar-refractivity contribution is 0.0477.